The minimum Gasteiger partial charge on any atom is -0.508 e. The van der Waals surface area contributed by atoms with Crippen molar-refractivity contribution in [2.45, 2.75) is 123 Å². The van der Waals surface area contributed by atoms with Crippen molar-refractivity contribution in [3.05, 3.63) is 65.2 Å². The Morgan fingerprint density at radius 3 is 2.21 bits per heavy atom. The molecule has 3 amide bonds. The summed E-state index contributed by atoms with van der Waals surface area (Å²) in [5, 5.41) is 15.9. The fourth-order valence-electron chi connectivity index (χ4n) is 5.54. The van der Waals surface area contributed by atoms with Gasteiger partial charge in [-0.1, -0.05) is 87.4 Å². The summed E-state index contributed by atoms with van der Waals surface area (Å²) in [6.07, 6.45) is 8.39. The monoisotopic (exact) mass is 593 g/mol. The number of hydrogen-bond donors (Lipinski definition) is 3. The maximum absolute atomic E-state index is 14.6. The number of unbranched alkanes of at least 4 members (excludes halogenated alkanes) is 3. The molecule has 236 valence electrons. The predicted molar refractivity (Wildman–Crippen MR) is 170 cm³/mol. The van der Waals surface area contributed by atoms with E-state index in [4.69, 9.17) is 4.74 Å². The average Bonchev–Trinajstić information content (AvgIpc) is 2.95. The van der Waals surface area contributed by atoms with Crippen molar-refractivity contribution in [3.8, 4) is 5.75 Å². The normalized spacial score (nSPS) is 15.3. The molecule has 8 nitrogen and oxygen atoms in total. The standard InChI is InChI=1S/C35H51N3O5/c1-6-7-8-12-23-38(31(27-19-15-25(2)16-20-27)32(40)36-28-13-10-9-11-14-28)33(41)30(37-34(42)43-35(3,4)5)24-26-17-21-29(39)22-18-26/h15-22,28,30-31,39H,6-14,23-24H2,1-5H3,(H,36,40)(H,37,42). The van der Waals surface area contributed by atoms with Crippen LogP contribution in [0.5, 0.6) is 5.75 Å². The summed E-state index contributed by atoms with van der Waals surface area (Å²) >= 11 is 0. The summed E-state index contributed by atoms with van der Waals surface area (Å²) in [6.45, 7) is 9.81. The van der Waals surface area contributed by atoms with E-state index in [-0.39, 0.29) is 30.0 Å². The Morgan fingerprint density at radius 1 is 0.953 bits per heavy atom. The lowest BCUT2D eigenvalue weighted by atomic mass is 9.94. The van der Waals surface area contributed by atoms with Crippen LogP contribution in [0.4, 0.5) is 4.79 Å². The molecule has 8 heteroatoms. The molecule has 3 N–H and O–H groups in total. The van der Waals surface area contributed by atoms with Gasteiger partial charge in [0.05, 0.1) is 0 Å². The SMILES string of the molecule is CCCCCCN(C(=O)C(Cc1ccc(O)cc1)NC(=O)OC(C)(C)C)C(C(=O)NC1CCCCC1)c1ccc(C)cc1. The van der Waals surface area contributed by atoms with Gasteiger partial charge in [0, 0.05) is 19.0 Å². The van der Waals surface area contributed by atoms with E-state index in [1.807, 2.05) is 31.2 Å². The summed E-state index contributed by atoms with van der Waals surface area (Å²) in [5.41, 5.74) is 1.81. The van der Waals surface area contributed by atoms with Crippen molar-refractivity contribution < 1.29 is 24.2 Å². The van der Waals surface area contributed by atoms with Crippen molar-refractivity contribution in [1.82, 2.24) is 15.5 Å². The Morgan fingerprint density at radius 2 is 1.60 bits per heavy atom. The minimum atomic E-state index is -0.985. The second-order valence-corrected chi connectivity index (χ2v) is 12.8. The van der Waals surface area contributed by atoms with Crippen molar-refractivity contribution >= 4 is 17.9 Å². The van der Waals surface area contributed by atoms with Gasteiger partial charge in [-0.15, -0.1) is 0 Å². The summed E-state index contributed by atoms with van der Waals surface area (Å²) in [7, 11) is 0. The Labute approximate surface area is 257 Å². The maximum Gasteiger partial charge on any atom is 0.408 e. The first-order chi connectivity index (χ1) is 20.5. The van der Waals surface area contributed by atoms with Gasteiger partial charge in [0.25, 0.3) is 0 Å². The van der Waals surface area contributed by atoms with E-state index in [1.165, 1.54) is 6.42 Å². The molecule has 0 aromatic heterocycles. The number of aromatic hydroxyl groups is 1. The molecule has 1 fully saturated rings. The van der Waals surface area contributed by atoms with Gasteiger partial charge in [-0.05, 0) is 70.2 Å². The van der Waals surface area contributed by atoms with Crippen LogP contribution in [0.1, 0.15) is 108 Å². The van der Waals surface area contributed by atoms with E-state index in [2.05, 4.69) is 17.6 Å². The van der Waals surface area contributed by atoms with Crippen LogP contribution in [0.3, 0.4) is 0 Å². The Hall–Kier alpha value is -3.55. The number of benzene rings is 2. The van der Waals surface area contributed by atoms with Gasteiger partial charge in [0.15, 0.2) is 0 Å². The van der Waals surface area contributed by atoms with Gasteiger partial charge in [-0.25, -0.2) is 4.79 Å². The molecule has 0 saturated heterocycles. The number of alkyl carbamates (subject to hydrolysis) is 1. The molecule has 2 atom stereocenters. The van der Waals surface area contributed by atoms with E-state index in [9.17, 15) is 19.5 Å². The highest BCUT2D eigenvalue weighted by atomic mass is 16.6. The second kappa shape index (κ2) is 16.3. The van der Waals surface area contributed by atoms with Gasteiger partial charge in [0.2, 0.25) is 11.8 Å². The summed E-state index contributed by atoms with van der Waals surface area (Å²) in [4.78, 5) is 43.3. The summed E-state index contributed by atoms with van der Waals surface area (Å²) < 4.78 is 5.53. The molecule has 0 spiro atoms. The van der Waals surface area contributed by atoms with Crippen LogP contribution >= 0.6 is 0 Å². The van der Waals surface area contributed by atoms with Crippen LogP contribution < -0.4 is 10.6 Å². The van der Waals surface area contributed by atoms with E-state index in [1.54, 1.807) is 49.9 Å². The summed E-state index contributed by atoms with van der Waals surface area (Å²) in [6, 6.07) is 12.6. The average molecular weight is 594 g/mol. The number of nitrogens with one attached hydrogen (secondary N) is 2. The predicted octanol–water partition coefficient (Wildman–Crippen LogP) is 6.74. The molecule has 1 aliphatic carbocycles. The number of rotatable bonds is 13. The van der Waals surface area contributed by atoms with E-state index in [0.29, 0.717) is 6.54 Å². The summed E-state index contributed by atoms with van der Waals surface area (Å²) in [5.74, 6) is -0.428. The van der Waals surface area contributed by atoms with Gasteiger partial charge < -0.3 is 25.4 Å². The largest absolute Gasteiger partial charge is 0.508 e. The first kappa shape index (κ1) is 33.9. The highest BCUT2D eigenvalue weighted by molar-refractivity contribution is 5.92. The quantitative estimate of drug-likeness (QED) is 0.223. The van der Waals surface area contributed by atoms with Crippen LogP contribution in [0.2, 0.25) is 0 Å². The molecule has 2 aromatic rings. The zero-order valence-electron chi connectivity index (χ0n) is 26.7. The molecule has 2 aromatic carbocycles. The maximum atomic E-state index is 14.6. The molecule has 0 radical (unpaired) electrons. The molecule has 0 heterocycles. The second-order valence-electron chi connectivity index (χ2n) is 12.8. The Balaban J connectivity index is 2.01. The van der Waals surface area contributed by atoms with Gasteiger partial charge in [0.1, 0.15) is 23.4 Å². The molecule has 0 aliphatic heterocycles. The first-order valence-electron chi connectivity index (χ1n) is 15.9. The van der Waals surface area contributed by atoms with Crippen LogP contribution in [0, 0.1) is 6.92 Å². The third kappa shape index (κ3) is 11.2. The van der Waals surface area contributed by atoms with Crippen molar-refractivity contribution in [1.29, 1.82) is 0 Å². The Bertz CT molecular complexity index is 1170. The number of nitrogens with zero attached hydrogens (tertiary/aromatic N) is 1. The fraction of sp³-hybridized carbons (Fsp3) is 0.571. The van der Waals surface area contributed by atoms with Gasteiger partial charge >= 0.3 is 6.09 Å². The molecule has 1 aliphatic rings. The minimum absolute atomic E-state index is 0.0823. The topological polar surface area (TPSA) is 108 Å². The van der Waals surface area contributed by atoms with Crippen molar-refractivity contribution in [2.75, 3.05) is 6.54 Å². The molecule has 43 heavy (non-hydrogen) atoms. The molecule has 0 bridgehead atoms. The van der Waals surface area contributed by atoms with Crippen LogP contribution in [0.25, 0.3) is 0 Å². The Kier molecular flexibility index (Phi) is 12.9. The van der Waals surface area contributed by atoms with E-state index in [0.717, 1.165) is 68.1 Å². The van der Waals surface area contributed by atoms with Crippen LogP contribution in [-0.4, -0.2) is 52.1 Å². The highest BCUT2D eigenvalue weighted by Crippen LogP contribution is 2.27. The lowest BCUT2D eigenvalue weighted by Gasteiger charge is -2.36. The number of ether oxygens (including phenoxy) is 1. The molecular weight excluding hydrogens is 542 g/mol. The number of phenols is 1. The van der Waals surface area contributed by atoms with Crippen LogP contribution in [-0.2, 0) is 20.7 Å². The molecule has 1 saturated carbocycles. The smallest absolute Gasteiger partial charge is 0.408 e. The van der Waals surface area contributed by atoms with Gasteiger partial charge in [-0.3, -0.25) is 9.59 Å². The lowest BCUT2D eigenvalue weighted by molar-refractivity contribution is -0.143. The number of phenolic OH excluding ortho intramolecular Hbond substituents is 1. The zero-order valence-corrected chi connectivity index (χ0v) is 26.7. The van der Waals surface area contributed by atoms with Crippen molar-refractivity contribution in [3.63, 3.8) is 0 Å². The third-order valence-electron chi connectivity index (χ3n) is 7.81. The number of carbonyl (C=O) groups is 3. The van der Waals surface area contributed by atoms with E-state index >= 15 is 0 Å². The van der Waals surface area contributed by atoms with Crippen LogP contribution in [0.15, 0.2) is 48.5 Å². The number of hydrogen-bond acceptors (Lipinski definition) is 5. The molecule has 3 rings (SSSR count). The zero-order chi connectivity index (χ0) is 31.4. The molecular formula is C35H51N3O5. The highest BCUT2D eigenvalue weighted by Gasteiger charge is 2.37. The first-order valence-corrected chi connectivity index (χ1v) is 15.9. The molecule has 2 unspecified atom stereocenters. The van der Waals surface area contributed by atoms with E-state index < -0.39 is 23.8 Å². The number of amides is 3. The fourth-order valence-corrected chi connectivity index (χ4v) is 5.54. The third-order valence-corrected chi connectivity index (χ3v) is 7.81. The number of aryl methyl sites for hydroxylation is 1. The lowest BCUT2D eigenvalue weighted by Crippen LogP contribution is -2.54. The number of carbonyl (C=O) groups excluding carboxylic acids is 3. The van der Waals surface area contributed by atoms with Crippen molar-refractivity contribution in [2.24, 2.45) is 0 Å². The van der Waals surface area contributed by atoms with Gasteiger partial charge in [-0.2, -0.15) is 0 Å².